The Labute approximate surface area is 138 Å². The third-order valence-electron chi connectivity index (χ3n) is 3.12. The maximum absolute atomic E-state index is 11.8. The molecule has 120 valence electrons. The largest absolute Gasteiger partial charge is 0.379 e. The van der Waals surface area contributed by atoms with Gasteiger partial charge in [-0.2, -0.15) is 0 Å². The lowest BCUT2D eigenvalue weighted by atomic mass is 10.2. The van der Waals surface area contributed by atoms with Gasteiger partial charge in [0.2, 0.25) is 5.91 Å². The fraction of sp³-hybridized carbons (Fsp3) is 0.188. The number of halogens is 1. The van der Waals surface area contributed by atoms with E-state index in [0.717, 1.165) is 0 Å². The van der Waals surface area contributed by atoms with Crippen LogP contribution in [0.1, 0.15) is 12.8 Å². The van der Waals surface area contributed by atoms with Crippen molar-refractivity contribution in [2.75, 3.05) is 17.2 Å². The van der Waals surface area contributed by atoms with Crippen molar-refractivity contribution in [1.82, 2.24) is 0 Å². The number of amides is 1. The molecule has 2 N–H and O–H groups in total. The van der Waals surface area contributed by atoms with Crippen molar-refractivity contribution < 1.29 is 9.72 Å². The Morgan fingerprint density at radius 2 is 1.83 bits per heavy atom. The summed E-state index contributed by atoms with van der Waals surface area (Å²) in [6.07, 6.45) is 0.877. The molecule has 0 fully saturated rings. The van der Waals surface area contributed by atoms with Crippen molar-refractivity contribution in [3.8, 4) is 0 Å². The van der Waals surface area contributed by atoms with Crippen molar-refractivity contribution in [1.29, 1.82) is 0 Å². The molecule has 0 atom stereocenters. The molecule has 0 aliphatic carbocycles. The van der Waals surface area contributed by atoms with Crippen molar-refractivity contribution in [3.63, 3.8) is 0 Å². The SMILES string of the molecule is O=C(CCCNc1ccccc1[N+](=O)[O-])Nc1ccc(Cl)cc1. The van der Waals surface area contributed by atoms with Crippen LogP contribution in [0.25, 0.3) is 0 Å². The molecular weight excluding hydrogens is 318 g/mol. The minimum absolute atomic E-state index is 0.0260. The van der Waals surface area contributed by atoms with E-state index in [9.17, 15) is 14.9 Å². The first-order chi connectivity index (χ1) is 11.1. The summed E-state index contributed by atoms with van der Waals surface area (Å²) in [5.74, 6) is -0.114. The number of nitrogens with one attached hydrogen (secondary N) is 2. The zero-order valence-corrected chi connectivity index (χ0v) is 13.0. The van der Waals surface area contributed by atoms with Gasteiger partial charge in [0, 0.05) is 29.7 Å². The molecule has 0 aliphatic rings. The molecule has 0 radical (unpaired) electrons. The molecule has 0 aromatic heterocycles. The highest BCUT2D eigenvalue weighted by Crippen LogP contribution is 2.23. The van der Waals surface area contributed by atoms with E-state index in [1.165, 1.54) is 6.07 Å². The second-order valence-corrected chi connectivity index (χ2v) is 5.30. The maximum Gasteiger partial charge on any atom is 0.292 e. The number of carbonyl (C=O) groups excluding carboxylic acids is 1. The number of nitrogens with zero attached hydrogens (tertiary/aromatic N) is 1. The number of nitro groups is 1. The number of para-hydroxylation sites is 2. The lowest BCUT2D eigenvalue weighted by Crippen LogP contribution is -2.13. The summed E-state index contributed by atoms with van der Waals surface area (Å²) in [4.78, 5) is 22.3. The third-order valence-corrected chi connectivity index (χ3v) is 3.38. The van der Waals surface area contributed by atoms with Crippen LogP contribution < -0.4 is 10.6 Å². The van der Waals surface area contributed by atoms with Crippen LogP contribution >= 0.6 is 11.6 Å². The van der Waals surface area contributed by atoms with Gasteiger partial charge in [-0.3, -0.25) is 14.9 Å². The van der Waals surface area contributed by atoms with E-state index in [0.29, 0.717) is 35.8 Å². The van der Waals surface area contributed by atoms with Gasteiger partial charge in [-0.1, -0.05) is 23.7 Å². The monoisotopic (exact) mass is 333 g/mol. The molecule has 6 nitrogen and oxygen atoms in total. The fourth-order valence-electron chi connectivity index (χ4n) is 2.01. The predicted octanol–water partition coefficient (Wildman–Crippen LogP) is 4.08. The van der Waals surface area contributed by atoms with Gasteiger partial charge in [0.1, 0.15) is 5.69 Å². The van der Waals surface area contributed by atoms with Crippen LogP contribution in [0.4, 0.5) is 17.1 Å². The van der Waals surface area contributed by atoms with Crippen LogP contribution in [0.2, 0.25) is 5.02 Å². The molecule has 2 aromatic rings. The first kappa shape index (κ1) is 16.8. The number of nitro benzene ring substituents is 1. The summed E-state index contributed by atoms with van der Waals surface area (Å²) >= 11 is 5.77. The summed E-state index contributed by atoms with van der Waals surface area (Å²) in [5, 5.41) is 17.2. The van der Waals surface area contributed by atoms with Crippen LogP contribution in [-0.2, 0) is 4.79 Å². The second kappa shape index (κ2) is 8.14. The minimum Gasteiger partial charge on any atom is -0.379 e. The Hall–Kier alpha value is -2.60. The topological polar surface area (TPSA) is 84.3 Å². The van der Waals surface area contributed by atoms with Crippen molar-refractivity contribution >= 4 is 34.6 Å². The first-order valence-corrected chi connectivity index (χ1v) is 7.47. The van der Waals surface area contributed by atoms with Crippen LogP contribution in [0.5, 0.6) is 0 Å². The van der Waals surface area contributed by atoms with Gasteiger partial charge in [0.05, 0.1) is 4.92 Å². The summed E-state index contributed by atoms with van der Waals surface area (Å²) in [7, 11) is 0. The summed E-state index contributed by atoms with van der Waals surface area (Å²) in [5.41, 5.74) is 1.17. The lowest BCUT2D eigenvalue weighted by molar-refractivity contribution is -0.384. The molecule has 0 spiro atoms. The standard InChI is InChI=1S/C16H16ClN3O3/c17-12-7-9-13(10-8-12)19-16(21)6-3-11-18-14-4-1-2-5-15(14)20(22)23/h1-2,4-5,7-10,18H,3,6,11H2,(H,19,21). The molecule has 0 heterocycles. The van der Waals surface area contributed by atoms with Crippen LogP contribution in [0.15, 0.2) is 48.5 Å². The number of carbonyl (C=O) groups is 1. The molecule has 0 unspecified atom stereocenters. The third kappa shape index (κ3) is 5.27. The highest BCUT2D eigenvalue weighted by atomic mass is 35.5. The average molecular weight is 334 g/mol. The summed E-state index contributed by atoms with van der Waals surface area (Å²) in [6, 6.07) is 13.3. The smallest absolute Gasteiger partial charge is 0.292 e. The Morgan fingerprint density at radius 1 is 1.13 bits per heavy atom. The average Bonchev–Trinajstić information content (AvgIpc) is 2.54. The molecule has 2 aromatic carbocycles. The Kier molecular flexibility index (Phi) is 5.94. The summed E-state index contributed by atoms with van der Waals surface area (Å²) in [6.45, 7) is 0.471. The van der Waals surface area contributed by atoms with Gasteiger partial charge in [-0.15, -0.1) is 0 Å². The Bertz CT molecular complexity index is 689. The number of hydrogen-bond donors (Lipinski definition) is 2. The highest BCUT2D eigenvalue weighted by molar-refractivity contribution is 6.30. The molecular formula is C16H16ClN3O3. The van der Waals surface area contributed by atoms with Crippen LogP contribution in [0.3, 0.4) is 0 Å². The second-order valence-electron chi connectivity index (χ2n) is 4.86. The zero-order chi connectivity index (χ0) is 16.7. The number of benzene rings is 2. The van der Waals surface area contributed by atoms with Crippen molar-refractivity contribution in [2.45, 2.75) is 12.8 Å². The number of anilines is 2. The van der Waals surface area contributed by atoms with Gasteiger partial charge < -0.3 is 10.6 Å². The van der Waals surface area contributed by atoms with Crippen LogP contribution in [-0.4, -0.2) is 17.4 Å². The maximum atomic E-state index is 11.8. The summed E-state index contributed by atoms with van der Waals surface area (Å²) < 4.78 is 0. The highest BCUT2D eigenvalue weighted by Gasteiger charge is 2.11. The van der Waals surface area contributed by atoms with E-state index in [-0.39, 0.29) is 11.6 Å². The van der Waals surface area contributed by atoms with Gasteiger partial charge in [-0.25, -0.2) is 0 Å². The molecule has 23 heavy (non-hydrogen) atoms. The Morgan fingerprint density at radius 3 is 2.52 bits per heavy atom. The predicted molar refractivity (Wildman–Crippen MR) is 90.9 cm³/mol. The lowest BCUT2D eigenvalue weighted by Gasteiger charge is -2.07. The molecule has 0 saturated carbocycles. The first-order valence-electron chi connectivity index (χ1n) is 7.09. The van der Waals surface area contributed by atoms with Gasteiger partial charge in [-0.05, 0) is 36.8 Å². The molecule has 1 amide bonds. The molecule has 0 aliphatic heterocycles. The molecule has 7 heteroatoms. The number of hydrogen-bond acceptors (Lipinski definition) is 4. The van der Waals surface area contributed by atoms with Gasteiger partial charge in [0.15, 0.2) is 0 Å². The van der Waals surface area contributed by atoms with Gasteiger partial charge in [0.25, 0.3) is 5.69 Å². The van der Waals surface area contributed by atoms with E-state index >= 15 is 0 Å². The van der Waals surface area contributed by atoms with Gasteiger partial charge >= 0.3 is 0 Å². The Balaban J connectivity index is 1.76. The number of rotatable bonds is 7. The van der Waals surface area contributed by atoms with E-state index in [1.807, 2.05) is 0 Å². The van der Waals surface area contributed by atoms with E-state index in [1.54, 1.807) is 42.5 Å². The van der Waals surface area contributed by atoms with Crippen LogP contribution in [0, 0.1) is 10.1 Å². The molecule has 0 saturated heterocycles. The quantitative estimate of drug-likeness (QED) is 0.454. The molecule has 0 bridgehead atoms. The van der Waals surface area contributed by atoms with E-state index in [2.05, 4.69) is 10.6 Å². The van der Waals surface area contributed by atoms with E-state index in [4.69, 9.17) is 11.6 Å². The fourth-order valence-corrected chi connectivity index (χ4v) is 2.14. The van der Waals surface area contributed by atoms with Crippen molar-refractivity contribution in [3.05, 3.63) is 63.7 Å². The van der Waals surface area contributed by atoms with E-state index < -0.39 is 4.92 Å². The van der Waals surface area contributed by atoms with Crippen molar-refractivity contribution in [2.24, 2.45) is 0 Å². The zero-order valence-electron chi connectivity index (χ0n) is 12.3. The normalized spacial score (nSPS) is 10.1. The minimum atomic E-state index is -0.435. The molecule has 2 rings (SSSR count).